The molecule has 2 amide bonds. The fourth-order valence-corrected chi connectivity index (χ4v) is 5.66. The van der Waals surface area contributed by atoms with E-state index in [4.69, 9.17) is 4.99 Å². The minimum Gasteiger partial charge on any atom is -0.342 e. The number of carbonyl (C=O) groups excluding carboxylic acids is 2. The molecule has 2 fully saturated rings. The summed E-state index contributed by atoms with van der Waals surface area (Å²) in [7, 11) is 0. The van der Waals surface area contributed by atoms with Crippen molar-refractivity contribution in [2.24, 2.45) is 21.7 Å². The molecule has 1 aromatic rings. The molecular formula is C24H39N3O2S. The lowest BCUT2D eigenvalue weighted by Crippen LogP contribution is -2.50. The third kappa shape index (κ3) is 4.04. The minimum atomic E-state index is -0.614. The fourth-order valence-electron chi connectivity index (χ4n) is 4.62. The average molecular weight is 434 g/mol. The number of aromatic nitrogens is 1. The summed E-state index contributed by atoms with van der Waals surface area (Å²) < 4.78 is 3.06. The number of carbonyl (C=O) groups is 2. The summed E-state index contributed by atoms with van der Waals surface area (Å²) in [6.45, 7) is 16.6. The standard InChI is InChI=1S/C24H39N3O2S/c1-8-9-11-17-16-27(22(2,3)4)30-19(17)25-21(29)24(7)13-12-18(23(24,5)6)20(28)26-14-10-15-26/h16,18H,8-15H2,1-7H3/t18-,24+/m0/s1. The van der Waals surface area contributed by atoms with Crippen LogP contribution in [0.4, 0.5) is 0 Å². The lowest BCUT2D eigenvalue weighted by molar-refractivity contribution is -0.145. The maximum atomic E-state index is 13.6. The third-order valence-electron chi connectivity index (χ3n) is 7.56. The Labute approximate surface area is 185 Å². The Hall–Kier alpha value is -1.43. The van der Waals surface area contributed by atoms with Crippen LogP contribution in [0.5, 0.6) is 0 Å². The van der Waals surface area contributed by atoms with Crippen LogP contribution >= 0.6 is 11.5 Å². The number of rotatable bonds is 5. The molecule has 2 heterocycles. The SMILES string of the molecule is CCCCc1cn(C(C)(C)C)sc1=NC(=O)[C@@]1(C)CC[C@@H](C(=O)N2CCC2)C1(C)C. The van der Waals surface area contributed by atoms with Crippen LogP contribution in [-0.2, 0) is 21.5 Å². The van der Waals surface area contributed by atoms with E-state index in [9.17, 15) is 9.59 Å². The normalized spacial score (nSPS) is 26.7. The third-order valence-corrected chi connectivity index (χ3v) is 8.94. The van der Waals surface area contributed by atoms with Gasteiger partial charge in [-0.05, 0) is 69.8 Å². The molecule has 30 heavy (non-hydrogen) atoms. The molecule has 0 radical (unpaired) electrons. The molecule has 6 heteroatoms. The molecule has 168 valence electrons. The van der Waals surface area contributed by atoms with Crippen molar-refractivity contribution in [3.05, 3.63) is 16.4 Å². The number of hydrogen-bond donors (Lipinski definition) is 0. The predicted octanol–water partition coefficient (Wildman–Crippen LogP) is 4.75. The van der Waals surface area contributed by atoms with Crippen molar-refractivity contribution in [3.8, 4) is 0 Å². The van der Waals surface area contributed by atoms with E-state index in [0.29, 0.717) is 0 Å². The van der Waals surface area contributed by atoms with Gasteiger partial charge in [0.2, 0.25) is 5.91 Å². The van der Waals surface area contributed by atoms with Gasteiger partial charge in [0.1, 0.15) is 4.67 Å². The van der Waals surface area contributed by atoms with Gasteiger partial charge < -0.3 is 4.90 Å². The van der Waals surface area contributed by atoms with E-state index < -0.39 is 10.8 Å². The number of unbranched alkanes of at least 4 members (excludes halogenated alkanes) is 1. The van der Waals surface area contributed by atoms with Gasteiger partial charge in [-0.2, -0.15) is 0 Å². The molecular weight excluding hydrogens is 394 g/mol. The topological polar surface area (TPSA) is 54.7 Å². The van der Waals surface area contributed by atoms with E-state index in [1.165, 1.54) is 0 Å². The Kier molecular flexibility index (Phi) is 6.39. The first kappa shape index (κ1) is 23.2. The molecule has 1 aliphatic heterocycles. The minimum absolute atomic E-state index is 0.0340. The molecule has 1 aliphatic carbocycles. The van der Waals surface area contributed by atoms with Crippen LogP contribution in [0.2, 0.25) is 0 Å². The first-order valence-corrected chi connectivity index (χ1v) is 12.3. The highest BCUT2D eigenvalue weighted by atomic mass is 32.1. The highest BCUT2D eigenvalue weighted by Crippen LogP contribution is 2.57. The zero-order valence-corrected chi connectivity index (χ0v) is 20.7. The zero-order valence-electron chi connectivity index (χ0n) is 19.9. The summed E-state index contributed by atoms with van der Waals surface area (Å²) in [5.41, 5.74) is 0.115. The van der Waals surface area contributed by atoms with Crippen LogP contribution in [0, 0.1) is 16.7 Å². The Morgan fingerprint density at radius 3 is 2.43 bits per heavy atom. The van der Waals surface area contributed by atoms with Crippen molar-refractivity contribution >= 4 is 23.3 Å². The summed E-state index contributed by atoms with van der Waals surface area (Å²) in [6, 6.07) is 0. The van der Waals surface area contributed by atoms with Crippen LogP contribution in [-0.4, -0.2) is 33.8 Å². The summed E-state index contributed by atoms with van der Waals surface area (Å²) in [5, 5.41) is 0. The molecule has 2 aliphatic rings. The van der Waals surface area contributed by atoms with Crippen LogP contribution < -0.4 is 4.67 Å². The van der Waals surface area contributed by atoms with Crippen LogP contribution in [0.15, 0.2) is 11.2 Å². The number of amides is 2. The largest absolute Gasteiger partial charge is 0.342 e. The molecule has 2 atom stereocenters. The second kappa shape index (κ2) is 8.25. The van der Waals surface area contributed by atoms with E-state index in [-0.39, 0.29) is 23.3 Å². The van der Waals surface area contributed by atoms with Gasteiger partial charge in [0, 0.05) is 36.3 Å². The summed E-state index contributed by atoms with van der Waals surface area (Å²) in [4.78, 5) is 33.2. The van der Waals surface area contributed by atoms with Crippen molar-refractivity contribution in [3.63, 3.8) is 0 Å². The Bertz CT molecular complexity index is 870. The van der Waals surface area contributed by atoms with Gasteiger partial charge in [-0.15, -0.1) is 0 Å². The molecule has 1 aromatic heterocycles. The maximum absolute atomic E-state index is 13.6. The van der Waals surface area contributed by atoms with Gasteiger partial charge in [0.05, 0.1) is 5.41 Å². The Balaban J connectivity index is 1.93. The Morgan fingerprint density at radius 2 is 1.90 bits per heavy atom. The van der Waals surface area contributed by atoms with Crippen molar-refractivity contribution in [2.75, 3.05) is 13.1 Å². The highest BCUT2D eigenvalue weighted by molar-refractivity contribution is 7.04. The molecule has 0 bridgehead atoms. The molecule has 1 saturated carbocycles. The summed E-state index contributed by atoms with van der Waals surface area (Å²) in [6.07, 6.45) is 7.91. The molecule has 0 aromatic carbocycles. The van der Waals surface area contributed by atoms with Gasteiger partial charge in [-0.25, -0.2) is 4.99 Å². The van der Waals surface area contributed by atoms with Gasteiger partial charge in [0.25, 0.3) is 5.91 Å². The lowest BCUT2D eigenvalue weighted by atomic mass is 9.65. The molecule has 0 spiro atoms. The van der Waals surface area contributed by atoms with Crippen molar-refractivity contribution in [2.45, 2.75) is 92.5 Å². The zero-order chi connectivity index (χ0) is 22.3. The van der Waals surface area contributed by atoms with Gasteiger partial charge >= 0.3 is 0 Å². The predicted molar refractivity (Wildman–Crippen MR) is 122 cm³/mol. The molecule has 1 saturated heterocycles. The van der Waals surface area contributed by atoms with Crippen molar-refractivity contribution in [1.82, 2.24) is 8.86 Å². The average Bonchev–Trinajstić information content (AvgIpc) is 3.10. The lowest BCUT2D eigenvalue weighted by Gasteiger charge is -2.42. The van der Waals surface area contributed by atoms with E-state index in [1.54, 1.807) is 11.5 Å². The van der Waals surface area contributed by atoms with Gasteiger partial charge in [-0.1, -0.05) is 34.1 Å². The Morgan fingerprint density at radius 1 is 1.23 bits per heavy atom. The monoisotopic (exact) mass is 433 g/mol. The van der Waals surface area contributed by atoms with E-state index in [0.717, 1.165) is 61.8 Å². The maximum Gasteiger partial charge on any atom is 0.253 e. The van der Waals surface area contributed by atoms with Gasteiger partial charge in [0.15, 0.2) is 0 Å². The first-order chi connectivity index (χ1) is 13.9. The number of likely N-dealkylation sites (tertiary alicyclic amines) is 1. The smallest absolute Gasteiger partial charge is 0.253 e. The molecule has 3 rings (SSSR count). The van der Waals surface area contributed by atoms with Crippen LogP contribution in [0.25, 0.3) is 0 Å². The fraction of sp³-hybridized carbons (Fsp3) is 0.792. The summed E-state index contributed by atoms with van der Waals surface area (Å²) >= 11 is 1.58. The molecule has 5 nitrogen and oxygen atoms in total. The number of hydrogen-bond acceptors (Lipinski definition) is 3. The second-order valence-corrected chi connectivity index (χ2v) is 11.9. The van der Waals surface area contributed by atoms with E-state index >= 15 is 0 Å². The molecule has 0 N–H and O–H groups in total. The second-order valence-electron chi connectivity index (χ2n) is 10.9. The summed E-state index contributed by atoms with van der Waals surface area (Å²) in [5.74, 6) is 0.0736. The quantitative estimate of drug-likeness (QED) is 0.673. The van der Waals surface area contributed by atoms with Crippen molar-refractivity contribution < 1.29 is 9.59 Å². The van der Waals surface area contributed by atoms with Crippen LogP contribution in [0.3, 0.4) is 0 Å². The van der Waals surface area contributed by atoms with Gasteiger partial charge in [-0.3, -0.25) is 13.5 Å². The number of nitrogens with zero attached hydrogens (tertiary/aromatic N) is 3. The van der Waals surface area contributed by atoms with Crippen molar-refractivity contribution in [1.29, 1.82) is 0 Å². The first-order valence-electron chi connectivity index (χ1n) is 11.5. The van der Waals surface area contributed by atoms with E-state index in [2.05, 4.69) is 51.7 Å². The molecule has 0 unspecified atom stereocenters. The van der Waals surface area contributed by atoms with Crippen LogP contribution in [0.1, 0.15) is 86.1 Å². The number of aryl methyl sites for hydroxylation is 1. The van der Waals surface area contributed by atoms with E-state index in [1.807, 2.05) is 11.8 Å². The highest BCUT2D eigenvalue weighted by Gasteiger charge is 2.58.